The van der Waals surface area contributed by atoms with Crippen LogP contribution in [0.2, 0.25) is 0 Å². The minimum Gasteiger partial charge on any atom is -0.0901 e. The van der Waals surface area contributed by atoms with Gasteiger partial charge in [-0.3, -0.25) is 0 Å². The van der Waals surface area contributed by atoms with Crippen LogP contribution in [0.1, 0.15) is 11.1 Å². The van der Waals surface area contributed by atoms with Gasteiger partial charge in [-0.2, -0.15) is 0 Å². The fourth-order valence-electron chi connectivity index (χ4n) is 2.18. The van der Waals surface area contributed by atoms with E-state index < -0.39 is 0 Å². The van der Waals surface area contributed by atoms with Crippen molar-refractivity contribution >= 4 is 11.8 Å². The molecule has 98 valence electrons. The molecule has 20 heavy (non-hydrogen) atoms. The van der Waals surface area contributed by atoms with E-state index in [2.05, 4.69) is 84.9 Å². The summed E-state index contributed by atoms with van der Waals surface area (Å²) in [5.74, 6) is 0. The smallest absolute Gasteiger partial charge is 0.0125 e. The molecule has 0 radical (unpaired) electrons. The standard InChI is InChI=1S/C19H16S/c1-3-8-16(9-4-1)14-17-10-7-13-19(15-17)20-18-11-5-2-6-12-18/h1-13,15H,14H2. The molecule has 0 aliphatic heterocycles. The maximum atomic E-state index is 2.28. The van der Waals surface area contributed by atoms with Gasteiger partial charge in [0.25, 0.3) is 0 Å². The monoisotopic (exact) mass is 276 g/mol. The lowest BCUT2D eigenvalue weighted by molar-refractivity contribution is 1.17. The minimum absolute atomic E-state index is 0.990. The summed E-state index contributed by atoms with van der Waals surface area (Å²) in [5, 5.41) is 0. The first-order valence-corrected chi connectivity index (χ1v) is 7.57. The molecule has 3 aromatic rings. The molecule has 0 saturated heterocycles. The van der Waals surface area contributed by atoms with Gasteiger partial charge in [-0.15, -0.1) is 0 Å². The molecule has 0 heterocycles. The van der Waals surface area contributed by atoms with E-state index in [1.165, 1.54) is 20.9 Å². The summed E-state index contributed by atoms with van der Waals surface area (Å²) < 4.78 is 0. The average Bonchev–Trinajstić information content (AvgIpc) is 2.50. The van der Waals surface area contributed by atoms with E-state index in [-0.39, 0.29) is 0 Å². The Morgan fingerprint density at radius 3 is 1.90 bits per heavy atom. The summed E-state index contributed by atoms with van der Waals surface area (Å²) in [7, 11) is 0. The second-order valence-corrected chi connectivity index (χ2v) is 5.87. The van der Waals surface area contributed by atoms with Crippen molar-refractivity contribution in [1.82, 2.24) is 0 Å². The maximum absolute atomic E-state index is 2.28. The van der Waals surface area contributed by atoms with Gasteiger partial charge < -0.3 is 0 Å². The summed E-state index contributed by atoms with van der Waals surface area (Å²) in [6.07, 6.45) is 0.990. The SMILES string of the molecule is c1ccc(Cc2cccc(Sc3ccccc3)c2)cc1. The van der Waals surface area contributed by atoms with E-state index in [0.717, 1.165) is 6.42 Å². The van der Waals surface area contributed by atoms with Gasteiger partial charge in [0.2, 0.25) is 0 Å². The lowest BCUT2D eigenvalue weighted by Gasteiger charge is -2.05. The van der Waals surface area contributed by atoms with Crippen LogP contribution in [0, 0.1) is 0 Å². The van der Waals surface area contributed by atoms with Gasteiger partial charge in [0.15, 0.2) is 0 Å². The Balaban J connectivity index is 1.76. The molecule has 0 bridgehead atoms. The van der Waals surface area contributed by atoms with Crippen molar-refractivity contribution in [2.24, 2.45) is 0 Å². The van der Waals surface area contributed by atoms with Gasteiger partial charge in [-0.25, -0.2) is 0 Å². The summed E-state index contributed by atoms with van der Waals surface area (Å²) in [6.45, 7) is 0. The van der Waals surface area contributed by atoms with Crippen molar-refractivity contribution in [2.75, 3.05) is 0 Å². The van der Waals surface area contributed by atoms with Crippen LogP contribution < -0.4 is 0 Å². The van der Waals surface area contributed by atoms with Crippen molar-refractivity contribution in [3.63, 3.8) is 0 Å². The molecule has 0 aromatic heterocycles. The molecule has 0 nitrogen and oxygen atoms in total. The Morgan fingerprint density at radius 2 is 1.15 bits per heavy atom. The molecule has 3 aromatic carbocycles. The number of hydrogen-bond donors (Lipinski definition) is 0. The molecule has 0 fully saturated rings. The quantitative estimate of drug-likeness (QED) is 0.612. The highest BCUT2D eigenvalue weighted by atomic mass is 32.2. The van der Waals surface area contributed by atoms with Crippen LogP contribution in [-0.4, -0.2) is 0 Å². The first-order valence-electron chi connectivity index (χ1n) is 6.76. The Bertz CT molecular complexity index is 603. The zero-order valence-corrected chi connectivity index (χ0v) is 12.0. The molecular formula is C19H16S. The third-order valence-corrected chi connectivity index (χ3v) is 4.13. The largest absolute Gasteiger partial charge is 0.0901 e. The van der Waals surface area contributed by atoms with Crippen molar-refractivity contribution in [3.8, 4) is 0 Å². The van der Waals surface area contributed by atoms with E-state index >= 15 is 0 Å². The summed E-state index contributed by atoms with van der Waals surface area (Å²) in [4.78, 5) is 2.58. The predicted octanol–water partition coefficient (Wildman–Crippen LogP) is 5.43. The molecule has 0 spiro atoms. The molecule has 1 heteroatoms. The number of hydrogen-bond acceptors (Lipinski definition) is 1. The van der Waals surface area contributed by atoms with Crippen LogP contribution in [0.4, 0.5) is 0 Å². The highest BCUT2D eigenvalue weighted by Gasteiger charge is 2.00. The summed E-state index contributed by atoms with van der Waals surface area (Å²) in [6, 6.07) is 29.9. The predicted molar refractivity (Wildman–Crippen MR) is 86.3 cm³/mol. The second kappa shape index (κ2) is 6.44. The van der Waals surface area contributed by atoms with E-state index in [4.69, 9.17) is 0 Å². The fraction of sp³-hybridized carbons (Fsp3) is 0.0526. The Kier molecular flexibility index (Phi) is 4.19. The van der Waals surface area contributed by atoms with Gasteiger partial charge in [0.05, 0.1) is 0 Å². The van der Waals surface area contributed by atoms with Crippen LogP contribution in [0.15, 0.2) is 94.7 Å². The van der Waals surface area contributed by atoms with E-state index in [1.54, 1.807) is 0 Å². The van der Waals surface area contributed by atoms with Gasteiger partial charge in [0.1, 0.15) is 0 Å². The topological polar surface area (TPSA) is 0 Å². The van der Waals surface area contributed by atoms with Crippen molar-refractivity contribution < 1.29 is 0 Å². The van der Waals surface area contributed by atoms with Crippen molar-refractivity contribution in [3.05, 3.63) is 96.1 Å². The summed E-state index contributed by atoms with van der Waals surface area (Å²) in [5.41, 5.74) is 2.71. The second-order valence-electron chi connectivity index (χ2n) is 4.72. The zero-order chi connectivity index (χ0) is 13.6. The molecular weight excluding hydrogens is 260 g/mol. The lowest BCUT2D eigenvalue weighted by Crippen LogP contribution is -1.87. The molecule has 0 atom stereocenters. The third kappa shape index (κ3) is 3.52. The Morgan fingerprint density at radius 1 is 0.550 bits per heavy atom. The normalized spacial score (nSPS) is 10.4. The van der Waals surface area contributed by atoms with Crippen LogP contribution in [0.25, 0.3) is 0 Å². The van der Waals surface area contributed by atoms with Crippen LogP contribution >= 0.6 is 11.8 Å². The van der Waals surface area contributed by atoms with E-state index in [1.807, 2.05) is 11.8 Å². The molecule has 0 unspecified atom stereocenters. The molecule has 0 aliphatic rings. The Hall–Kier alpha value is -1.99. The van der Waals surface area contributed by atoms with Crippen LogP contribution in [0.3, 0.4) is 0 Å². The highest BCUT2D eigenvalue weighted by Crippen LogP contribution is 2.28. The highest BCUT2D eigenvalue weighted by molar-refractivity contribution is 7.99. The average molecular weight is 276 g/mol. The molecule has 0 saturated carbocycles. The zero-order valence-electron chi connectivity index (χ0n) is 11.2. The fourth-order valence-corrected chi connectivity index (χ4v) is 3.10. The third-order valence-electron chi connectivity index (χ3n) is 3.13. The lowest BCUT2D eigenvalue weighted by atomic mass is 10.1. The van der Waals surface area contributed by atoms with Crippen LogP contribution in [-0.2, 0) is 6.42 Å². The van der Waals surface area contributed by atoms with E-state index in [9.17, 15) is 0 Å². The maximum Gasteiger partial charge on any atom is 0.0125 e. The minimum atomic E-state index is 0.990. The van der Waals surface area contributed by atoms with Gasteiger partial charge in [0, 0.05) is 9.79 Å². The van der Waals surface area contributed by atoms with Crippen LogP contribution in [0.5, 0.6) is 0 Å². The molecule has 0 N–H and O–H groups in total. The Labute approximate surface area is 124 Å². The van der Waals surface area contributed by atoms with Gasteiger partial charge in [-0.05, 0) is 41.8 Å². The number of benzene rings is 3. The summed E-state index contributed by atoms with van der Waals surface area (Å²) >= 11 is 1.81. The van der Waals surface area contributed by atoms with Crippen molar-refractivity contribution in [2.45, 2.75) is 16.2 Å². The molecule has 0 amide bonds. The van der Waals surface area contributed by atoms with Gasteiger partial charge >= 0.3 is 0 Å². The first kappa shape index (κ1) is 13.0. The van der Waals surface area contributed by atoms with E-state index in [0.29, 0.717) is 0 Å². The molecule has 3 rings (SSSR count). The van der Waals surface area contributed by atoms with Crippen molar-refractivity contribution in [1.29, 1.82) is 0 Å². The first-order chi connectivity index (χ1) is 9.90. The molecule has 0 aliphatic carbocycles. The van der Waals surface area contributed by atoms with Gasteiger partial charge in [-0.1, -0.05) is 72.4 Å². The number of rotatable bonds is 4.